The standard InChI is InChI=1S/C16H22ClNO3/c1-11(21-15-8-3-2-7-14(15)17)16(20)18-10-12-5-4-6-13(19)9-12/h2-3,7-8,11-13,19H,4-6,9-10H2,1H3,(H,18,20). The molecule has 0 aliphatic heterocycles. The van der Waals surface area contributed by atoms with Gasteiger partial charge in [-0.2, -0.15) is 0 Å². The molecular weight excluding hydrogens is 290 g/mol. The van der Waals surface area contributed by atoms with Crippen molar-refractivity contribution in [1.29, 1.82) is 0 Å². The lowest BCUT2D eigenvalue weighted by Gasteiger charge is -2.26. The molecule has 1 aliphatic rings. The molecule has 2 rings (SSSR count). The van der Waals surface area contributed by atoms with Gasteiger partial charge in [0.05, 0.1) is 11.1 Å². The second-order valence-electron chi connectivity index (χ2n) is 5.62. The molecule has 1 saturated carbocycles. The molecule has 1 aliphatic carbocycles. The summed E-state index contributed by atoms with van der Waals surface area (Å²) in [6.07, 6.45) is 2.89. The minimum absolute atomic E-state index is 0.157. The van der Waals surface area contributed by atoms with E-state index in [2.05, 4.69) is 5.32 Å². The number of nitrogens with one attached hydrogen (secondary N) is 1. The van der Waals surface area contributed by atoms with Gasteiger partial charge in [0.1, 0.15) is 5.75 Å². The zero-order valence-electron chi connectivity index (χ0n) is 12.2. The molecule has 116 valence electrons. The molecule has 1 aromatic rings. The van der Waals surface area contributed by atoms with Crippen LogP contribution in [0.1, 0.15) is 32.6 Å². The summed E-state index contributed by atoms with van der Waals surface area (Å²) in [5.41, 5.74) is 0. The molecule has 0 radical (unpaired) electrons. The zero-order chi connectivity index (χ0) is 15.2. The van der Waals surface area contributed by atoms with Crippen molar-refractivity contribution < 1.29 is 14.6 Å². The third kappa shape index (κ3) is 4.90. The Morgan fingerprint density at radius 3 is 2.95 bits per heavy atom. The Labute approximate surface area is 130 Å². The number of ether oxygens (including phenoxy) is 1. The fraction of sp³-hybridized carbons (Fsp3) is 0.562. The summed E-state index contributed by atoms with van der Waals surface area (Å²) in [6, 6.07) is 7.10. The van der Waals surface area contributed by atoms with Gasteiger partial charge in [-0.05, 0) is 44.2 Å². The molecule has 1 fully saturated rings. The zero-order valence-corrected chi connectivity index (χ0v) is 13.0. The van der Waals surface area contributed by atoms with Crippen LogP contribution in [0.15, 0.2) is 24.3 Å². The predicted molar refractivity (Wildman–Crippen MR) is 82.5 cm³/mol. The van der Waals surface area contributed by atoms with Gasteiger partial charge in [0.15, 0.2) is 6.10 Å². The molecule has 1 aromatic carbocycles. The van der Waals surface area contributed by atoms with Crippen molar-refractivity contribution >= 4 is 17.5 Å². The van der Waals surface area contributed by atoms with E-state index in [1.165, 1.54) is 0 Å². The molecular formula is C16H22ClNO3. The van der Waals surface area contributed by atoms with Crippen molar-refractivity contribution in [2.24, 2.45) is 5.92 Å². The molecule has 0 aromatic heterocycles. The van der Waals surface area contributed by atoms with Gasteiger partial charge in [-0.25, -0.2) is 0 Å². The van der Waals surface area contributed by atoms with Crippen LogP contribution >= 0.6 is 11.6 Å². The number of aliphatic hydroxyl groups is 1. The van der Waals surface area contributed by atoms with Crippen molar-refractivity contribution in [3.63, 3.8) is 0 Å². The van der Waals surface area contributed by atoms with Crippen LogP contribution < -0.4 is 10.1 Å². The number of carbonyl (C=O) groups is 1. The number of aliphatic hydroxyl groups excluding tert-OH is 1. The predicted octanol–water partition coefficient (Wildman–Crippen LogP) is 2.77. The highest BCUT2D eigenvalue weighted by Crippen LogP contribution is 2.25. The van der Waals surface area contributed by atoms with Crippen LogP contribution in [0.25, 0.3) is 0 Å². The summed E-state index contributed by atoms with van der Waals surface area (Å²) in [7, 11) is 0. The number of halogens is 1. The maximum absolute atomic E-state index is 12.0. The smallest absolute Gasteiger partial charge is 0.260 e. The van der Waals surface area contributed by atoms with Gasteiger partial charge in [-0.1, -0.05) is 30.2 Å². The molecule has 4 nitrogen and oxygen atoms in total. The van der Waals surface area contributed by atoms with Crippen molar-refractivity contribution in [3.05, 3.63) is 29.3 Å². The summed E-state index contributed by atoms with van der Waals surface area (Å²) in [5, 5.41) is 13.0. The van der Waals surface area contributed by atoms with E-state index in [0.29, 0.717) is 23.2 Å². The summed E-state index contributed by atoms with van der Waals surface area (Å²) in [6.45, 7) is 2.29. The van der Waals surface area contributed by atoms with E-state index in [9.17, 15) is 9.90 Å². The van der Waals surface area contributed by atoms with Crippen molar-refractivity contribution in [1.82, 2.24) is 5.32 Å². The van der Waals surface area contributed by atoms with Gasteiger partial charge >= 0.3 is 0 Å². The average molecular weight is 312 g/mol. The van der Waals surface area contributed by atoms with Gasteiger partial charge in [-0.15, -0.1) is 0 Å². The maximum atomic E-state index is 12.0. The highest BCUT2D eigenvalue weighted by Gasteiger charge is 2.22. The number of carbonyl (C=O) groups excluding carboxylic acids is 1. The topological polar surface area (TPSA) is 58.6 Å². The number of hydrogen-bond donors (Lipinski definition) is 2. The number of para-hydroxylation sites is 1. The van der Waals surface area contributed by atoms with E-state index in [1.54, 1.807) is 19.1 Å². The lowest BCUT2D eigenvalue weighted by molar-refractivity contribution is -0.127. The lowest BCUT2D eigenvalue weighted by atomic mass is 9.87. The lowest BCUT2D eigenvalue weighted by Crippen LogP contribution is -2.40. The molecule has 0 spiro atoms. The molecule has 0 heterocycles. The first-order chi connectivity index (χ1) is 10.1. The third-order valence-electron chi connectivity index (χ3n) is 3.83. The minimum atomic E-state index is -0.599. The molecule has 1 amide bonds. The number of amides is 1. The molecule has 21 heavy (non-hydrogen) atoms. The molecule has 0 bridgehead atoms. The largest absolute Gasteiger partial charge is 0.479 e. The van der Waals surface area contributed by atoms with Crippen LogP contribution in [0.5, 0.6) is 5.75 Å². The summed E-state index contributed by atoms with van der Waals surface area (Å²) < 4.78 is 5.57. The van der Waals surface area contributed by atoms with E-state index >= 15 is 0 Å². The number of rotatable bonds is 5. The molecule has 3 unspecified atom stereocenters. The average Bonchev–Trinajstić information content (AvgIpc) is 2.47. The summed E-state index contributed by atoms with van der Waals surface area (Å²) >= 11 is 6.00. The molecule has 2 N–H and O–H groups in total. The maximum Gasteiger partial charge on any atom is 0.260 e. The van der Waals surface area contributed by atoms with E-state index < -0.39 is 6.10 Å². The SMILES string of the molecule is CC(Oc1ccccc1Cl)C(=O)NCC1CCCC(O)C1. The Bertz CT molecular complexity index is 480. The highest BCUT2D eigenvalue weighted by molar-refractivity contribution is 6.32. The Kier molecular flexibility index (Phi) is 5.88. The van der Waals surface area contributed by atoms with Gasteiger partial charge in [0.25, 0.3) is 5.91 Å². The van der Waals surface area contributed by atoms with Gasteiger partial charge in [0.2, 0.25) is 0 Å². The summed E-state index contributed by atoms with van der Waals surface area (Å²) in [5.74, 6) is 0.704. The van der Waals surface area contributed by atoms with E-state index in [0.717, 1.165) is 25.7 Å². The quantitative estimate of drug-likeness (QED) is 0.879. The van der Waals surface area contributed by atoms with Crippen LogP contribution in [0.2, 0.25) is 5.02 Å². The van der Waals surface area contributed by atoms with Crippen molar-refractivity contribution in [2.75, 3.05) is 6.54 Å². The number of hydrogen-bond acceptors (Lipinski definition) is 3. The first-order valence-electron chi connectivity index (χ1n) is 7.43. The van der Waals surface area contributed by atoms with Crippen LogP contribution in [0, 0.1) is 5.92 Å². The van der Waals surface area contributed by atoms with E-state index in [-0.39, 0.29) is 12.0 Å². The Morgan fingerprint density at radius 1 is 1.48 bits per heavy atom. The Balaban J connectivity index is 1.78. The Morgan fingerprint density at radius 2 is 2.24 bits per heavy atom. The second-order valence-corrected chi connectivity index (χ2v) is 6.03. The monoisotopic (exact) mass is 311 g/mol. The highest BCUT2D eigenvalue weighted by atomic mass is 35.5. The van der Waals surface area contributed by atoms with Gasteiger partial charge < -0.3 is 15.2 Å². The Hall–Kier alpha value is -1.26. The van der Waals surface area contributed by atoms with Crippen LogP contribution in [-0.2, 0) is 4.79 Å². The minimum Gasteiger partial charge on any atom is -0.479 e. The van der Waals surface area contributed by atoms with E-state index in [4.69, 9.17) is 16.3 Å². The molecule has 3 atom stereocenters. The summed E-state index contributed by atoms with van der Waals surface area (Å²) in [4.78, 5) is 12.0. The van der Waals surface area contributed by atoms with Crippen LogP contribution in [-0.4, -0.2) is 29.8 Å². The third-order valence-corrected chi connectivity index (χ3v) is 4.14. The fourth-order valence-electron chi connectivity index (χ4n) is 2.62. The van der Waals surface area contributed by atoms with Crippen LogP contribution in [0.4, 0.5) is 0 Å². The number of benzene rings is 1. The molecule has 0 saturated heterocycles. The first kappa shape index (κ1) is 16.1. The van der Waals surface area contributed by atoms with Crippen LogP contribution in [0.3, 0.4) is 0 Å². The fourth-order valence-corrected chi connectivity index (χ4v) is 2.80. The van der Waals surface area contributed by atoms with Crippen molar-refractivity contribution in [3.8, 4) is 5.75 Å². The molecule has 5 heteroatoms. The second kappa shape index (κ2) is 7.66. The van der Waals surface area contributed by atoms with Gasteiger partial charge in [-0.3, -0.25) is 4.79 Å². The normalized spacial score (nSPS) is 23.4. The van der Waals surface area contributed by atoms with Gasteiger partial charge in [0, 0.05) is 6.54 Å². The van der Waals surface area contributed by atoms with Crippen molar-refractivity contribution in [2.45, 2.75) is 44.8 Å². The first-order valence-corrected chi connectivity index (χ1v) is 7.81. The van der Waals surface area contributed by atoms with E-state index in [1.807, 2.05) is 12.1 Å².